The van der Waals surface area contributed by atoms with E-state index in [4.69, 9.17) is 4.74 Å². The van der Waals surface area contributed by atoms with E-state index in [0.29, 0.717) is 29.0 Å². The average Bonchev–Trinajstić information content (AvgIpc) is 3.03. The van der Waals surface area contributed by atoms with Gasteiger partial charge in [-0.1, -0.05) is 0 Å². The Labute approximate surface area is 151 Å². The van der Waals surface area contributed by atoms with Gasteiger partial charge in [-0.25, -0.2) is 18.0 Å². The number of pyridine rings is 1. The monoisotopic (exact) mass is 372 g/mol. The summed E-state index contributed by atoms with van der Waals surface area (Å²) in [7, 11) is 0. The molecule has 6 nitrogen and oxygen atoms in total. The fourth-order valence-corrected chi connectivity index (χ4v) is 2.94. The lowest BCUT2D eigenvalue weighted by atomic mass is 9.95. The van der Waals surface area contributed by atoms with Crippen LogP contribution in [0.1, 0.15) is 23.3 Å². The van der Waals surface area contributed by atoms with Gasteiger partial charge < -0.3 is 10.1 Å². The molecule has 1 aliphatic heterocycles. The summed E-state index contributed by atoms with van der Waals surface area (Å²) in [5, 5.41) is 2.50. The Morgan fingerprint density at radius 1 is 0.963 bits per heavy atom. The third kappa shape index (κ3) is 3.19. The van der Waals surface area contributed by atoms with Gasteiger partial charge in [0.25, 0.3) is 0 Å². The number of carbonyl (C=O) groups is 1. The second-order valence-corrected chi connectivity index (χ2v) is 5.83. The molecule has 1 N–H and O–H groups in total. The quantitative estimate of drug-likeness (QED) is 0.762. The number of halogens is 3. The molecule has 3 aromatic rings. The van der Waals surface area contributed by atoms with Crippen LogP contribution in [0.25, 0.3) is 11.3 Å². The minimum absolute atomic E-state index is 0.442. The highest BCUT2D eigenvalue weighted by molar-refractivity contribution is 5.71. The maximum Gasteiger partial charge on any atom is 0.408 e. The predicted octanol–water partition coefficient (Wildman–Crippen LogP) is 3.48. The first kappa shape index (κ1) is 17.0. The highest BCUT2D eigenvalue weighted by Gasteiger charge is 2.40. The molecule has 4 rings (SSSR count). The number of nitrogens with one attached hydrogen (secondary N) is 1. The van der Waals surface area contributed by atoms with Crippen LogP contribution in [-0.4, -0.2) is 21.0 Å². The Kier molecular flexibility index (Phi) is 4.19. The zero-order valence-corrected chi connectivity index (χ0v) is 13.6. The molecule has 9 heteroatoms. The molecule has 1 amide bonds. The minimum Gasteiger partial charge on any atom is -0.439 e. The van der Waals surface area contributed by atoms with Crippen molar-refractivity contribution < 1.29 is 22.7 Å². The predicted molar refractivity (Wildman–Crippen MR) is 86.7 cm³/mol. The van der Waals surface area contributed by atoms with E-state index in [1.54, 1.807) is 12.3 Å². The van der Waals surface area contributed by atoms with Crippen molar-refractivity contribution in [3.63, 3.8) is 0 Å². The molecule has 0 radical (unpaired) electrons. The molecular formula is C18H11F3N4O2. The molecule has 1 aromatic carbocycles. The van der Waals surface area contributed by atoms with Gasteiger partial charge in [0.1, 0.15) is 23.5 Å². The van der Waals surface area contributed by atoms with Gasteiger partial charge in [-0.05, 0) is 11.6 Å². The zero-order valence-electron chi connectivity index (χ0n) is 13.6. The Hall–Kier alpha value is -3.49. The van der Waals surface area contributed by atoms with Gasteiger partial charge in [0.2, 0.25) is 0 Å². The van der Waals surface area contributed by atoms with Crippen molar-refractivity contribution in [2.45, 2.75) is 12.1 Å². The van der Waals surface area contributed by atoms with E-state index in [-0.39, 0.29) is 0 Å². The van der Waals surface area contributed by atoms with Gasteiger partial charge in [0.05, 0.1) is 17.5 Å². The normalized spacial score (nSPS) is 18.9. The molecule has 27 heavy (non-hydrogen) atoms. The maximum absolute atomic E-state index is 14.2. The topological polar surface area (TPSA) is 77.0 Å². The first-order chi connectivity index (χ1) is 13.0. The lowest BCUT2D eigenvalue weighted by Gasteiger charge is -2.19. The van der Waals surface area contributed by atoms with Crippen LogP contribution < -0.4 is 5.32 Å². The van der Waals surface area contributed by atoms with Crippen LogP contribution in [0.15, 0.2) is 49.2 Å². The summed E-state index contributed by atoms with van der Waals surface area (Å²) in [6.45, 7) is 0. The van der Waals surface area contributed by atoms with Gasteiger partial charge in [-0.2, -0.15) is 0 Å². The van der Waals surface area contributed by atoms with Crippen LogP contribution in [0.2, 0.25) is 0 Å². The van der Waals surface area contributed by atoms with Gasteiger partial charge in [-0.3, -0.25) is 15.0 Å². The van der Waals surface area contributed by atoms with Crippen molar-refractivity contribution in [1.29, 1.82) is 0 Å². The minimum atomic E-state index is -1.32. The SMILES string of the molecule is O=C1N[C@H](c2cncc(-c3cnccn3)c2)[C@@H](c2c(F)cc(F)cc2F)O1. The van der Waals surface area contributed by atoms with E-state index < -0.39 is 41.3 Å². The van der Waals surface area contributed by atoms with Crippen molar-refractivity contribution in [2.75, 3.05) is 0 Å². The average molecular weight is 372 g/mol. The Balaban J connectivity index is 1.76. The highest BCUT2D eigenvalue weighted by atomic mass is 19.1. The van der Waals surface area contributed by atoms with Crippen LogP contribution in [-0.2, 0) is 4.74 Å². The smallest absolute Gasteiger partial charge is 0.408 e. The molecule has 0 saturated carbocycles. The number of ether oxygens (including phenoxy) is 1. The number of aromatic nitrogens is 3. The fraction of sp³-hybridized carbons (Fsp3) is 0.111. The molecular weight excluding hydrogens is 361 g/mol. The van der Waals surface area contributed by atoms with Crippen molar-refractivity contribution >= 4 is 6.09 Å². The molecule has 1 saturated heterocycles. The van der Waals surface area contributed by atoms with E-state index in [1.165, 1.54) is 24.8 Å². The van der Waals surface area contributed by atoms with Crippen LogP contribution in [0.3, 0.4) is 0 Å². The maximum atomic E-state index is 14.2. The van der Waals surface area contributed by atoms with E-state index in [1.807, 2.05) is 0 Å². The van der Waals surface area contributed by atoms with Crippen LogP contribution in [0.4, 0.5) is 18.0 Å². The van der Waals surface area contributed by atoms with Crippen LogP contribution >= 0.6 is 0 Å². The summed E-state index contributed by atoms with van der Waals surface area (Å²) in [6.07, 6.45) is 5.36. The first-order valence-electron chi connectivity index (χ1n) is 7.86. The molecule has 2 aromatic heterocycles. The second kappa shape index (κ2) is 6.67. The van der Waals surface area contributed by atoms with Crippen LogP contribution in [0, 0.1) is 17.5 Å². The van der Waals surface area contributed by atoms with Gasteiger partial charge >= 0.3 is 6.09 Å². The number of carbonyl (C=O) groups excluding carboxylic acids is 1. The number of alkyl carbamates (subject to hydrolysis) is 1. The summed E-state index contributed by atoms with van der Waals surface area (Å²) in [4.78, 5) is 24.0. The lowest BCUT2D eigenvalue weighted by molar-refractivity contribution is 0.127. The van der Waals surface area contributed by atoms with E-state index >= 15 is 0 Å². The highest BCUT2D eigenvalue weighted by Crippen LogP contribution is 2.39. The van der Waals surface area contributed by atoms with E-state index in [2.05, 4.69) is 20.3 Å². The van der Waals surface area contributed by atoms with Gasteiger partial charge in [-0.15, -0.1) is 0 Å². The standard InChI is InChI=1S/C18H11F3N4O2/c19-11-4-12(20)15(13(21)5-11)17-16(25-18(26)27-17)10-3-9(6-23-7-10)14-8-22-1-2-24-14/h1-8,16-17H,(H,25,26)/t16-,17-/m1/s1. The summed E-state index contributed by atoms with van der Waals surface area (Å²) in [6, 6.07) is 1.81. The number of cyclic esters (lactones) is 1. The fourth-order valence-electron chi connectivity index (χ4n) is 2.94. The largest absolute Gasteiger partial charge is 0.439 e. The van der Waals surface area contributed by atoms with E-state index in [9.17, 15) is 18.0 Å². The summed E-state index contributed by atoms with van der Waals surface area (Å²) >= 11 is 0. The number of nitrogens with zero attached hydrogens (tertiary/aromatic N) is 3. The van der Waals surface area contributed by atoms with Gasteiger partial charge in [0, 0.05) is 42.5 Å². The van der Waals surface area contributed by atoms with Crippen molar-refractivity contribution in [3.8, 4) is 11.3 Å². The molecule has 0 aliphatic carbocycles. The molecule has 0 spiro atoms. The molecule has 3 heterocycles. The molecule has 1 fully saturated rings. The lowest BCUT2D eigenvalue weighted by Crippen LogP contribution is -2.20. The second-order valence-electron chi connectivity index (χ2n) is 5.83. The number of hydrogen-bond donors (Lipinski definition) is 1. The number of hydrogen-bond acceptors (Lipinski definition) is 5. The third-order valence-electron chi connectivity index (χ3n) is 4.12. The summed E-state index contributed by atoms with van der Waals surface area (Å²) in [5.74, 6) is -3.34. The number of rotatable bonds is 3. The van der Waals surface area contributed by atoms with Crippen molar-refractivity contribution in [3.05, 3.63) is 77.8 Å². The molecule has 0 bridgehead atoms. The van der Waals surface area contributed by atoms with Crippen molar-refractivity contribution in [1.82, 2.24) is 20.3 Å². The molecule has 0 unspecified atom stereocenters. The molecule has 2 atom stereocenters. The third-order valence-corrected chi connectivity index (χ3v) is 4.12. The van der Waals surface area contributed by atoms with Crippen LogP contribution in [0.5, 0.6) is 0 Å². The van der Waals surface area contributed by atoms with Crippen molar-refractivity contribution in [2.24, 2.45) is 0 Å². The Morgan fingerprint density at radius 3 is 2.44 bits per heavy atom. The number of amides is 1. The summed E-state index contributed by atoms with van der Waals surface area (Å²) in [5.41, 5.74) is 1.04. The molecule has 1 aliphatic rings. The first-order valence-corrected chi connectivity index (χ1v) is 7.86. The van der Waals surface area contributed by atoms with Gasteiger partial charge in [0.15, 0.2) is 6.10 Å². The Bertz CT molecular complexity index is 993. The summed E-state index contributed by atoms with van der Waals surface area (Å²) < 4.78 is 46.6. The zero-order chi connectivity index (χ0) is 19.0. The number of benzene rings is 1. The van der Waals surface area contributed by atoms with E-state index in [0.717, 1.165) is 0 Å². The molecule has 136 valence electrons. The Morgan fingerprint density at radius 2 is 1.74 bits per heavy atom.